The molecule has 3 heteroatoms. The number of nitrogens with one attached hydrogen (secondary N) is 1. The Hall–Kier alpha value is -3.20. The monoisotopic (exact) mass is 372 g/mol. The molecule has 144 valence electrons. The van der Waals surface area contributed by atoms with Crippen LogP contribution in [-0.4, -0.2) is 10.9 Å². The highest BCUT2D eigenvalue weighted by Crippen LogP contribution is 2.13. The first-order valence-electron chi connectivity index (χ1n) is 9.78. The number of fused-ring (bicyclic) bond motifs is 1. The molecule has 3 aromatic rings. The first kappa shape index (κ1) is 19.6. The number of rotatable bonds is 4. The van der Waals surface area contributed by atoms with Crippen LogP contribution in [0.5, 0.6) is 0 Å². The summed E-state index contributed by atoms with van der Waals surface area (Å²) in [4.78, 5) is 16.4. The van der Waals surface area contributed by atoms with Crippen LogP contribution in [0.3, 0.4) is 0 Å². The molecule has 0 spiro atoms. The lowest BCUT2D eigenvalue weighted by Gasteiger charge is -2.06. The lowest BCUT2D eigenvalue weighted by molar-refractivity contribution is 0.0951. The maximum Gasteiger partial charge on any atom is 0.251 e. The second kappa shape index (κ2) is 10.2. The van der Waals surface area contributed by atoms with Gasteiger partial charge in [0, 0.05) is 25.1 Å². The molecular weight excluding hydrogens is 344 g/mol. The smallest absolute Gasteiger partial charge is 0.251 e. The number of nitrogens with zero attached hydrogens (tertiary/aromatic N) is 1. The molecule has 1 amide bonds. The van der Waals surface area contributed by atoms with Crippen molar-refractivity contribution < 1.29 is 6.22 Å². The van der Waals surface area contributed by atoms with Gasteiger partial charge in [0.1, 0.15) is 0 Å². The molecule has 0 unspecified atom stereocenters. The van der Waals surface area contributed by atoms with Crippen LogP contribution in [0, 0.1) is 0 Å². The number of hydrogen-bond donors (Lipinski definition) is 1. The molecule has 0 radical (unpaired) electrons. The van der Waals surface area contributed by atoms with Gasteiger partial charge < -0.3 is 5.32 Å². The third-order valence-electron chi connectivity index (χ3n) is 4.64. The number of hydrogen-bond acceptors (Lipinski definition) is 2. The van der Waals surface area contributed by atoms with Gasteiger partial charge >= 0.3 is 0 Å². The number of pyridine rings is 1. The lowest BCUT2D eigenvalue weighted by atomic mass is 10.1. The average molecular weight is 373 g/mol. The number of amides is 1. The van der Waals surface area contributed by atoms with Crippen molar-refractivity contribution in [3.8, 4) is 0 Å². The summed E-state index contributed by atoms with van der Waals surface area (Å²) in [7, 11) is 0. The van der Waals surface area contributed by atoms with Gasteiger partial charge in [0.15, 0.2) is 0 Å². The quantitative estimate of drug-likeness (QED) is 0.603. The topological polar surface area (TPSA) is 42.0 Å². The SMILES string of the molecule is CCC1=CCCC=C1.O=C(NCc1ccccc1)c1ccc2ncccc2c1.[HH]. The second-order valence-corrected chi connectivity index (χ2v) is 6.69. The van der Waals surface area contributed by atoms with Crippen LogP contribution in [0.1, 0.15) is 43.5 Å². The molecule has 0 bridgehead atoms. The van der Waals surface area contributed by atoms with E-state index in [1.807, 2.05) is 54.6 Å². The van der Waals surface area contributed by atoms with Gasteiger partial charge in [-0.3, -0.25) is 9.78 Å². The maximum atomic E-state index is 12.1. The predicted molar refractivity (Wildman–Crippen MR) is 118 cm³/mol. The molecule has 0 saturated carbocycles. The molecule has 4 rings (SSSR count). The standard InChI is InChI=1S/C17H14N2O.C8H12.H2/c20-17(19-12-13-5-2-1-3-6-13)15-8-9-16-14(11-15)7-4-10-18-16;1-2-8-6-4-3-5-7-8;/h1-11H,12H2,(H,19,20);4,6-7H,2-3,5H2,1H3;1H. The van der Waals surface area contributed by atoms with Crippen LogP contribution in [0.15, 0.2) is 90.7 Å². The number of carbonyl (C=O) groups excluding carboxylic acids is 1. The predicted octanol–water partition coefficient (Wildman–Crippen LogP) is 6.08. The van der Waals surface area contributed by atoms with Gasteiger partial charge in [-0.1, -0.05) is 67.1 Å². The zero-order valence-corrected chi connectivity index (χ0v) is 16.3. The minimum absolute atomic E-state index is 0. The number of allylic oxidation sites excluding steroid dienone is 4. The Balaban J connectivity index is 0.000000283. The maximum absolute atomic E-state index is 12.1. The molecule has 0 fully saturated rings. The molecule has 1 N–H and O–H groups in total. The summed E-state index contributed by atoms with van der Waals surface area (Å²) in [5.74, 6) is -0.0698. The van der Waals surface area contributed by atoms with E-state index in [0.29, 0.717) is 12.1 Å². The Labute approximate surface area is 168 Å². The largest absolute Gasteiger partial charge is 0.348 e. The Morgan fingerprint density at radius 3 is 2.64 bits per heavy atom. The van der Waals surface area contributed by atoms with Crippen molar-refractivity contribution in [3.63, 3.8) is 0 Å². The van der Waals surface area contributed by atoms with Gasteiger partial charge in [-0.15, -0.1) is 0 Å². The van der Waals surface area contributed by atoms with E-state index in [2.05, 4.69) is 35.5 Å². The molecule has 0 saturated heterocycles. The highest BCUT2D eigenvalue weighted by Gasteiger charge is 2.06. The Morgan fingerprint density at radius 2 is 1.93 bits per heavy atom. The second-order valence-electron chi connectivity index (χ2n) is 6.69. The van der Waals surface area contributed by atoms with Crippen LogP contribution in [0.4, 0.5) is 0 Å². The van der Waals surface area contributed by atoms with Gasteiger partial charge in [0.25, 0.3) is 5.91 Å². The Kier molecular flexibility index (Phi) is 7.14. The van der Waals surface area contributed by atoms with Gasteiger partial charge in [-0.05, 0) is 49.1 Å². The fraction of sp³-hybridized carbons (Fsp3) is 0.200. The molecule has 28 heavy (non-hydrogen) atoms. The Bertz CT molecular complexity index is 980. The van der Waals surface area contributed by atoms with Crippen LogP contribution in [0.25, 0.3) is 10.9 Å². The van der Waals surface area contributed by atoms with E-state index < -0.39 is 0 Å². The van der Waals surface area contributed by atoms with E-state index in [0.717, 1.165) is 16.5 Å². The molecular formula is C25H28N2O. The minimum atomic E-state index is -0.0698. The van der Waals surface area contributed by atoms with E-state index in [4.69, 9.17) is 0 Å². The van der Waals surface area contributed by atoms with Crippen molar-refractivity contribution in [1.82, 2.24) is 10.3 Å². The van der Waals surface area contributed by atoms with Crippen LogP contribution in [0.2, 0.25) is 0 Å². The number of aromatic nitrogens is 1. The fourth-order valence-corrected chi connectivity index (χ4v) is 3.03. The minimum Gasteiger partial charge on any atom is -0.348 e. The van der Waals surface area contributed by atoms with Crippen LogP contribution < -0.4 is 5.32 Å². The van der Waals surface area contributed by atoms with Crippen molar-refractivity contribution in [2.45, 2.75) is 32.7 Å². The normalized spacial score (nSPS) is 12.7. The average Bonchev–Trinajstić information content (AvgIpc) is 2.79. The highest BCUT2D eigenvalue weighted by molar-refractivity contribution is 5.97. The van der Waals surface area contributed by atoms with E-state index in [-0.39, 0.29) is 7.33 Å². The van der Waals surface area contributed by atoms with Crippen molar-refractivity contribution >= 4 is 16.8 Å². The molecule has 0 atom stereocenters. The lowest BCUT2D eigenvalue weighted by Crippen LogP contribution is -2.22. The molecule has 2 aromatic carbocycles. The van der Waals surface area contributed by atoms with E-state index in [1.54, 1.807) is 12.3 Å². The van der Waals surface area contributed by atoms with Crippen molar-refractivity contribution in [2.75, 3.05) is 0 Å². The van der Waals surface area contributed by atoms with Crippen LogP contribution >= 0.6 is 0 Å². The first-order chi connectivity index (χ1) is 13.8. The van der Waals surface area contributed by atoms with E-state index >= 15 is 0 Å². The highest BCUT2D eigenvalue weighted by atomic mass is 16.1. The molecule has 1 aromatic heterocycles. The van der Waals surface area contributed by atoms with E-state index in [9.17, 15) is 4.79 Å². The van der Waals surface area contributed by atoms with Gasteiger partial charge in [0.05, 0.1) is 5.52 Å². The number of carbonyl (C=O) groups is 1. The number of benzene rings is 2. The summed E-state index contributed by atoms with van der Waals surface area (Å²) in [6, 6.07) is 19.2. The molecule has 1 aliphatic carbocycles. The molecule has 3 nitrogen and oxygen atoms in total. The molecule has 1 heterocycles. The molecule has 1 aliphatic rings. The summed E-state index contributed by atoms with van der Waals surface area (Å²) in [6.07, 6.45) is 12.2. The fourth-order valence-electron chi connectivity index (χ4n) is 3.03. The van der Waals surface area contributed by atoms with Crippen molar-refractivity contribution in [2.24, 2.45) is 0 Å². The first-order valence-corrected chi connectivity index (χ1v) is 9.78. The third-order valence-corrected chi connectivity index (χ3v) is 4.64. The zero-order valence-electron chi connectivity index (χ0n) is 16.3. The summed E-state index contributed by atoms with van der Waals surface area (Å²) in [5.41, 5.74) is 4.13. The van der Waals surface area contributed by atoms with Gasteiger partial charge in [-0.2, -0.15) is 0 Å². The summed E-state index contributed by atoms with van der Waals surface area (Å²) < 4.78 is 0. The van der Waals surface area contributed by atoms with Crippen molar-refractivity contribution in [3.05, 3.63) is 102 Å². The Morgan fingerprint density at radius 1 is 1.07 bits per heavy atom. The van der Waals surface area contributed by atoms with Crippen molar-refractivity contribution in [1.29, 1.82) is 0 Å². The van der Waals surface area contributed by atoms with E-state index in [1.165, 1.54) is 24.8 Å². The zero-order chi connectivity index (χ0) is 19.6. The van der Waals surface area contributed by atoms with Gasteiger partial charge in [0.2, 0.25) is 0 Å². The summed E-state index contributed by atoms with van der Waals surface area (Å²) >= 11 is 0. The molecule has 0 aliphatic heterocycles. The summed E-state index contributed by atoms with van der Waals surface area (Å²) in [5, 5.41) is 3.89. The summed E-state index contributed by atoms with van der Waals surface area (Å²) in [6.45, 7) is 2.73. The third kappa shape index (κ3) is 5.65. The van der Waals surface area contributed by atoms with Gasteiger partial charge in [-0.25, -0.2) is 0 Å². The van der Waals surface area contributed by atoms with Crippen LogP contribution in [-0.2, 0) is 6.54 Å².